The third-order valence-electron chi connectivity index (χ3n) is 3.43. The minimum Gasteiger partial charge on any atom is -0.492 e. The Morgan fingerprint density at radius 1 is 1.18 bits per heavy atom. The van der Waals surface area contributed by atoms with Crippen LogP contribution in [0.1, 0.15) is 5.69 Å². The number of hydrogen-bond acceptors (Lipinski definition) is 4. The Morgan fingerprint density at radius 3 is 2.68 bits per heavy atom. The van der Waals surface area contributed by atoms with E-state index in [1.165, 1.54) is 6.07 Å². The molecule has 0 bridgehead atoms. The summed E-state index contributed by atoms with van der Waals surface area (Å²) >= 11 is 0. The fourth-order valence-corrected chi connectivity index (χ4v) is 2.27. The number of aromatic nitrogens is 2. The maximum Gasteiger partial charge on any atom is 0.433 e. The first-order valence-electron chi connectivity index (χ1n) is 6.84. The summed E-state index contributed by atoms with van der Waals surface area (Å²) in [5.74, 6) is 1.32. The van der Waals surface area contributed by atoms with Crippen molar-refractivity contribution in [1.82, 2.24) is 9.97 Å². The first-order valence-corrected chi connectivity index (χ1v) is 6.84. The summed E-state index contributed by atoms with van der Waals surface area (Å²) in [4.78, 5) is 9.43. The van der Waals surface area contributed by atoms with Gasteiger partial charge in [-0.1, -0.05) is 6.07 Å². The lowest BCUT2D eigenvalue weighted by Crippen LogP contribution is -2.49. The van der Waals surface area contributed by atoms with Gasteiger partial charge in [0, 0.05) is 25.2 Å². The molecule has 1 aliphatic rings. The predicted octanol–water partition coefficient (Wildman–Crippen LogP) is 3.01. The van der Waals surface area contributed by atoms with Crippen LogP contribution in [0.4, 0.5) is 19.0 Å². The van der Waals surface area contributed by atoms with Crippen LogP contribution in [-0.4, -0.2) is 29.7 Å². The molecule has 4 nitrogen and oxygen atoms in total. The molecule has 0 radical (unpaired) electrons. The highest BCUT2D eigenvalue weighted by atomic mass is 19.4. The molecule has 3 rings (SSSR count). The maximum atomic E-state index is 12.6. The van der Waals surface area contributed by atoms with Crippen LogP contribution in [0.5, 0.6) is 5.75 Å². The van der Waals surface area contributed by atoms with E-state index in [-0.39, 0.29) is 5.92 Å². The molecular formula is C15H14F3N3O. The van der Waals surface area contributed by atoms with Crippen molar-refractivity contribution >= 4 is 5.82 Å². The predicted molar refractivity (Wildman–Crippen MR) is 74.7 cm³/mol. The van der Waals surface area contributed by atoms with Gasteiger partial charge in [-0.3, -0.25) is 4.98 Å². The minimum atomic E-state index is -4.41. The highest BCUT2D eigenvalue weighted by molar-refractivity contribution is 5.42. The number of alkyl halides is 3. The Bertz CT molecular complexity index is 627. The molecule has 0 amide bonds. The molecule has 3 heterocycles. The van der Waals surface area contributed by atoms with Crippen molar-refractivity contribution in [1.29, 1.82) is 0 Å². The van der Waals surface area contributed by atoms with Gasteiger partial charge in [-0.2, -0.15) is 13.2 Å². The summed E-state index contributed by atoms with van der Waals surface area (Å²) < 4.78 is 43.5. The Morgan fingerprint density at radius 2 is 2.00 bits per heavy atom. The monoisotopic (exact) mass is 309 g/mol. The molecule has 2 aromatic rings. The van der Waals surface area contributed by atoms with E-state index >= 15 is 0 Å². The zero-order chi connectivity index (χ0) is 15.6. The van der Waals surface area contributed by atoms with Gasteiger partial charge in [-0.15, -0.1) is 0 Å². The Balaban J connectivity index is 1.53. The van der Waals surface area contributed by atoms with Crippen LogP contribution in [0.2, 0.25) is 0 Å². The molecule has 1 aliphatic heterocycles. The van der Waals surface area contributed by atoms with Crippen LogP contribution in [0, 0.1) is 5.92 Å². The van der Waals surface area contributed by atoms with E-state index in [1.54, 1.807) is 24.5 Å². The van der Waals surface area contributed by atoms with E-state index in [0.29, 0.717) is 31.3 Å². The molecule has 0 spiro atoms. The van der Waals surface area contributed by atoms with Crippen LogP contribution < -0.4 is 9.64 Å². The first-order chi connectivity index (χ1) is 10.5. The number of pyridine rings is 2. The maximum absolute atomic E-state index is 12.6. The van der Waals surface area contributed by atoms with Crippen LogP contribution in [0.15, 0.2) is 42.7 Å². The van der Waals surface area contributed by atoms with E-state index in [0.717, 1.165) is 6.07 Å². The van der Waals surface area contributed by atoms with Gasteiger partial charge in [0.25, 0.3) is 0 Å². The van der Waals surface area contributed by atoms with Gasteiger partial charge in [-0.05, 0) is 24.3 Å². The van der Waals surface area contributed by atoms with E-state index in [4.69, 9.17) is 4.74 Å². The number of halogens is 3. The highest BCUT2D eigenvalue weighted by Gasteiger charge is 2.34. The molecule has 2 aromatic heterocycles. The Hall–Kier alpha value is -2.31. The van der Waals surface area contributed by atoms with Crippen molar-refractivity contribution in [2.75, 3.05) is 24.6 Å². The van der Waals surface area contributed by atoms with Crippen molar-refractivity contribution in [2.24, 2.45) is 5.92 Å². The normalized spacial score (nSPS) is 15.5. The minimum absolute atomic E-state index is 0.275. The van der Waals surface area contributed by atoms with Crippen molar-refractivity contribution in [3.8, 4) is 5.75 Å². The molecule has 0 aromatic carbocycles. The van der Waals surface area contributed by atoms with Gasteiger partial charge in [0.05, 0.1) is 12.8 Å². The number of anilines is 1. The largest absolute Gasteiger partial charge is 0.492 e. The topological polar surface area (TPSA) is 38.2 Å². The number of ether oxygens (including phenoxy) is 1. The highest BCUT2D eigenvalue weighted by Crippen LogP contribution is 2.30. The van der Waals surface area contributed by atoms with Crippen LogP contribution in [-0.2, 0) is 6.18 Å². The molecule has 0 unspecified atom stereocenters. The van der Waals surface area contributed by atoms with E-state index < -0.39 is 11.9 Å². The number of hydrogen-bond donors (Lipinski definition) is 0. The van der Waals surface area contributed by atoms with Crippen LogP contribution in [0.25, 0.3) is 0 Å². The molecule has 0 N–H and O–H groups in total. The average molecular weight is 309 g/mol. The zero-order valence-electron chi connectivity index (χ0n) is 11.6. The summed E-state index contributed by atoms with van der Waals surface area (Å²) in [7, 11) is 0. The molecule has 7 heteroatoms. The summed E-state index contributed by atoms with van der Waals surface area (Å²) in [6.45, 7) is 1.78. The Kier molecular flexibility index (Phi) is 3.87. The van der Waals surface area contributed by atoms with Gasteiger partial charge >= 0.3 is 6.18 Å². The standard InChI is InChI=1S/C15H14F3N3O/c16-15(17,18)13-4-1-5-14(20-13)21-8-11(9-21)10-22-12-3-2-6-19-7-12/h1-7,11H,8-10H2. The van der Waals surface area contributed by atoms with Gasteiger partial charge in [0.2, 0.25) is 0 Å². The van der Waals surface area contributed by atoms with E-state index in [2.05, 4.69) is 9.97 Å². The zero-order valence-corrected chi connectivity index (χ0v) is 11.6. The lowest BCUT2D eigenvalue weighted by Gasteiger charge is -2.40. The van der Waals surface area contributed by atoms with Crippen molar-refractivity contribution in [3.63, 3.8) is 0 Å². The fourth-order valence-electron chi connectivity index (χ4n) is 2.27. The van der Waals surface area contributed by atoms with Crippen LogP contribution >= 0.6 is 0 Å². The molecule has 22 heavy (non-hydrogen) atoms. The van der Waals surface area contributed by atoms with Gasteiger partial charge in [0.15, 0.2) is 0 Å². The summed E-state index contributed by atoms with van der Waals surface area (Å²) in [5.41, 5.74) is -0.861. The second-order valence-corrected chi connectivity index (χ2v) is 5.15. The SMILES string of the molecule is FC(F)(F)c1cccc(N2CC(COc3cccnc3)C2)n1. The van der Waals surface area contributed by atoms with E-state index in [1.807, 2.05) is 11.0 Å². The lowest BCUT2D eigenvalue weighted by atomic mass is 10.0. The van der Waals surface area contributed by atoms with Crippen molar-refractivity contribution < 1.29 is 17.9 Å². The molecule has 0 aliphatic carbocycles. The fraction of sp³-hybridized carbons (Fsp3) is 0.333. The molecule has 116 valence electrons. The molecular weight excluding hydrogens is 295 g/mol. The van der Waals surface area contributed by atoms with Crippen molar-refractivity contribution in [2.45, 2.75) is 6.18 Å². The van der Waals surface area contributed by atoms with Crippen molar-refractivity contribution in [3.05, 3.63) is 48.4 Å². The average Bonchev–Trinajstić information content (AvgIpc) is 2.46. The second-order valence-electron chi connectivity index (χ2n) is 5.15. The third kappa shape index (κ3) is 3.29. The Labute approximate surface area is 125 Å². The summed E-state index contributed by atoms with van der Waals surface area (Å²) in [6, 6.07) is 7.55. The molecule has 1 saturated heterocycles. The molecule has 0 atom stereocenters. The van der Waals surface area contributed by atoms with Gasteiger partial charge < -0.3 is 9.64 Å². The van der Waals surface area contributed by atoms with Crippen LogP contribution in [0.3, 0.4) is 0 Å². The summed E-state index contributed by atoms with van der Waals surface area (Å²) in [6.07, 6.45) is -1.12. The molecule has 1 fully saturated rings. The lowest BCUT2D eigenvalue weighted by molar-refractivity contribution is -0.141. The first kappa shape index (κ1) is 14.6. The number of rotatable bonds is 4. The second kappa shape index (κ2) is 5.82. The number of nitrogens with zero attached hydrogens (tertiary/aromatic N) is 3. The smallest absolute Gasteiger partial charge is 0.433 e. The third-order valence-corrected chi connectivity index (χ3v) is 3.43. The van der Waals surface area contributed by atoms with Gasteiger partial charge in [-0.25, -0.2) is 4.98 Å². The summed E-state index contributed by atoms with van der Waals surface area (Å²) in [5, 5.41) is 0. The quantitative estimate of drug-likeness (QED) is 0.870. The van der Waals surface area contributed by atoms with Gasteiger partial charge in [0.1, 0.15) is 17.3 Å². The van der Waals surface area contributed by atoms with E-state index in [9.17, 15) is 13.2 Å². The molecule has 0 saturated carbocycles.